The summed E-state index contributed by atoms with van der Waals surface area (Å²) in [5, 5.41) is 2.53. The number of esters is 1. The lowest BCUT2D eigenvalue weighted by Gasteiger charge is -2.24. The number of primary amides is 1. The van der Waals surface area contributed by atoms with Gasteiger partial charge in [-0.2, -0.15) is 0 Å². The summed E-state index contributed by atoms with van der Waals surface area (Å²) in [5.74, 6) is -2.03. The van der Waals surface area contributed by atoms with Crippen LogP contribution in [0, 0.1) is 0 Å². The van der Waals surface area contributed by atoms with Gasteiger partial charge in [-0.15, -0.1) is 0 Å². The highest BCUT2D eigenvalue weighted by atomic mass is 32.2. The van der Waals surface area contributed by atoms with Gasteiger partial charge in [-0.25, -0.2) is 13.2 Å². The summed E-state index contributed by atoms with van der Waals surface area (Å²) >= 11 is 0. The predicted molar refractivity (Wildman–Crippen MR) is 130 cm³/mol. The molecule has 0 fully saturated rings. The molecule has 0 unspecified atom stereocenters. The molecule has 3 aromatic rings. The highest BCUT2D eigenvalue weighted by Gasteiger charge is 2.36. The molecular formula is C25H23N3O6S. The third-order valence-corrected chi connectivity index (χ3v) is 7.48. The molecule has 0 saturated carbocycles. The Labute approximate surface area is 202 Å². The summed E-state index contributed by atoms with van der Waals surface area (Å²) in [6.07, 6.45) is 0.595. The second-order valence-corrected chi connectivity index (χ2v) is 9.89. The van der Waals surface area contributed by atoms with Crippen molar-refractivity contribution in [1.82, 2.24) is 0 Å². The lowest BCUT2D eigenvalue weighted by molar-refractivity contribution is -0.119. The van der Waals surface area contributed by atoms with E-state index in [1.165, 1.54) is 52.8 Å². The van der Waals surface area contributed by atoms with Crippen molar-refractivity contribution in [2.45, 2.75) is 24.3 Å². The molecule has 4 rings (SSSR count). The minimum Gasteiger partial charge on any atom is -0.452 e. The maximum absolute atomic E-state index is 13.4. The van der Waals surface area contributed by atoms with Crippen LogP contribution in [-0.2, 0) is 26.0 Å². The molecule has 3 aromatic carbocycles. The first-order valence-corrected chi connectivity index (χ1v) is 12.2. The molecule has 0 aliphatic carbocycles. The largest absolute Gasteiger partial charge is 0.452 e. The number of anilines is 2. The number of rotatable bonds is 7. The zero-order chi connectivity index (χ0) is 25.2. The van der Waals surface area contributed by atoms with Gasteiger partial charge in [0.25, 0.3) is 15.9 Å². The Balaban J connectivity index is 1.43. The van der Waals surface area contributed by atoms with Crippen molar-refractivity contribution >= 4 is 39.2 Å². The Hall–Kier alpha value is -4.18. The van der Waals surface area contributed by atoms with Crippen LogP contribution in [0.25, 0.3) is 0 Å². The molecular weight excluding hydrogens is 470 g/mol. The highest BCUT2D eigenvalue weighted by Crippen LogP contribution is 2.36. The molecule has 1 heterocycles. The van der Waals surface area contributed by atoms with Crippen LogP contribution in [0.3, 0.4) is 0 Å². The summed E-state index contributed by atoms with van der Waals surface area (Å²) in [6, 6.07) is 18.5. The number of nitrogens with one attached hydrogen (secondary N) is 1. The van der Waals surface area contributed by atoms with Crippen molar-refractivity contribution in [3.05, 3.63) is 89.5 Å². The quantitative estimate of drug-likeness (QED) is 0.486. The van der Waals surface area contributed by atoms with Gasteiger partial charge in [0, 0.05) is 17.3 Å². The summed E-state index contributed by atoms with van der Waals surface area (Å²) in [6.45, 7) is 1.25. The van der Waals surface area contributed by atoms with E-state index in [0.29, 0.717) is 17.8 Å². The molecule has 0 radical (unpaired) electrons. The van der Waals surface area contributed by atoms with Crippen LogP contribution in [0.15, 0.2) is 77.7 Å². The van der Waals surface area contributed by atoms with Crippen molar-refractivity contribution in [1.29, 1.82) is 0 Å². The molecule has 0 bridgehead atoms. The van der Waals surface area contributed by atoms with Gasteiger partial charge in [0.2, 0.25) is 5.91 Å². The van der Waals surface area contributed by atoms with Crippen molar-refractivity contribution in [3.63, 3.8) is 0 Å². The summed E-state index contributed by atoms with van der Waals surface area (Å²) in [5.41, 5.74) is 7.42. The predicted octanol–water partition coefficient (Wildman–Crippen LogP) is 2.72. The van der Waals surface area contributed by atoms with Crippen LogP contribution >= 0.6 is 0 Å². The van der Waals surface area contributed by atoms with E-state index in [1.807, 2.05) is 19.1 Å². The van der Waals surface area contributed by atoms with Crippen LogP contribution in [0.1, 0.15) is 33.2 Å². The monoisotopic (exact) mass is 493 g/mol. The standard InChI is InChI=1S/C25H23N3O6S/c1-16-13-18-5-2-3-8-22(18)28(16)35(32,33)21-7-4-6-19(14-21)25(31)34-15-23(29)27-20-11-9-17(10-12-20)24(26)30/h2-12,14,16H,13,15H2,1H3,(H2,26,30)(H,27,29)/t16-/m0/s1. The van der Waals surface area contributed by atoms with Gasteiger partial charge < -0.3 is 15.8 Å². The van der Waals surface area contributed by atoms with Crippen molar-refractivity contribution in [3.8, 4) is 0 Å². The fraction of sp³-hybridized carbons (Fsp3) is 0.160. The number of fused-ring (bicyclic) bond motifs is 1. The highest BCUT2D eigenvalue weighted by molar-refractivity contribution is 7.92. The lowest BCUT2D eigenvalue weighted by atomic mass is 10.1. The topological polar surface area (TPSA) is 136 Å². The minimum absolute atomic E-state index is 0.00446. The molecule has 35 heavy (non-hydrogen) atoms. The summed E-state index contributed by atoms with van der Waals surface area (Å²) in [7, 11) is -3.93. The van der Waals surface area contributed by atoms with Gasteiger partial charge in [-0.05, 0) is 67.4 Å². The number of nitrogens with two attached hydrogens (primary N) is 1. The number of carbonyl (C=O) groups is 3. The Morgan fingerprint density at radius 1 is 1.00 bits per heavy atom. The zero-order valence-electron chi connectivity index (χ0n) is 18.8. The number of benzene rings is 3. The zero-order valence-corrected chi connectivity index (χ0v) is 19.6. The second-order valence-electron chi connectivity index (χ2n) is 8.08. The fourth-order valence-electron chi connectivity index (χ4n) is 3.93. The Kier molecular flexibility index (Phi) is 6.57. The number of para-hydroxylation sites is 1. The molecule has 10 heteroatoms. The second kappa shape index (κ2) is 9.59. The average molecular weight is 494 g/mol. The number of ether oxygens (including phenoxy) is 1. The van der Waals surface area contributed by atoms with Crippen molar-refractivity contribution in [2.75, 3.05) is 16.2 Å². The summed E-state index contributed by atoms with van der Waals surface area (Å²) < 4.78 is 33.2. The van der Waals surface area contributed by atoms with Crippen molar-refractivity contribution < 1.29 is 27.5 Å². The van der Waals surface area contributed by atoms with Crippen LogP contribution in [0.2, 0.25) is 0 Å². The van der Waals surface area contributed by atoms with E-state index in [-0.39, 0.29) is 22.1 Å². The van der Waals surface area contributed by atoms with Crippen molar-refractivity contribution in [2.24, 2.45) is 5.73 Å². The molecule has 1 atom stereocenters. The molecule has 1 aliphatic rings. The van der Waals surface area contributed by atoms with Crippen LogP contribution in [-0.4, -0.2) is 38.9 Å². The Bertz CT molecular complexity index is 1400. The number of sulfonamides is 1. The van der Waals surface area contributed by atoms with E-state index in [4.69, 9.17) is 10.5 Å². The van der Waals surface area contributed by atoms with E-state index in [9.17, 15) is 22.8 Å². The maximum atomic E-state index is 13.4. The molecule has 3 N–H and O–H groups in total. The van der Waals surface area contributed by atoms with Crippen LogP contribution < -0.4 is 15.4 Å². The van der Waals surface area contributed by atoms with E-state index < -0.39 is 34.4 Å². The number of hydrogen-bond donors (Lipinski definition) is 2. The molecule has 0 saturated heterocycles. The first kappa shape index (κ1) is 24.0. The van der Waals surface area contributed by atoms with Gasteiger partial charge in [-0.3, -0.25) is 13.9 Å². The summed E-state index contributed by atoms with van der Waals surface area (Å²) in [4.78, 5) is 35.7. The molecule has 1 aliphatic heterocycles. The van der Waals surface area contributed by atoms with E-state index in [1.54, 1.807) is 12.1 Å². The van der Waals surface area contributed by atoms with E-state index >= 15 is 0 Å². The van der Waals surface area contributed by atoms with Gasteiger partial charge in [0.15, 0.2) is 6.61 Å². The van der Waals surface area contributed by atoms with E-state index in [2.05, 4.69) is 5.32 Å². The molecule has 2 amide bonds. The average Bonchev–Trinajstić information content (AvgIpc) is 3.19. The minimum atomic E-state index is -3.93. The number of amides is 2. The van der Waals surface area contributed by atoms with Crippen LogP contribution in [0.4, 0.5) is 11.4 Å². The lowest BCUT2D eigenvalue weighted by Crippen LogP contribution is -2.35. The van der Waals surface area contributed by atoms with Crippen LogP contribution in [0.5, 0.6) is 0 Å². The normalized spacial score (nSPS) is 14.8. The third kappa shape index (κ3) is 5.02. The fourth-order valence-corrected chi connectivity index (χ4v) is 5.67. The number of hydrogen-bond acceptors (Lipinski definition) is 6. The Morgan fingerprint density at radius 2 is 1.71 bits per heavy atom. The third-order valence-electron chi connectivity index (χ3n) is 5.56. The van der Waals surface area contributed by atoms with Gasteiger partial charge in [0.05, 0.1) is 16.1 Å². The molecule has 0 spiro atoms. The molecule has 0 aromatic heterocycles. The SMILES string of the molecule is C[C@H]1Cc2ccccc2N1S(=O)(=O)c1cccc(C(=O)OCC(=O)Nc2ccc(C(N)=O)cc2)c1. The smallest absolute Gasteiger partial charge is 0.338 e. The maximum Gasteiger partial charge on any atom is 0.338 e. The first-order valence-electron chi connectivity index (χ1n) is 10.8. The number of nitrogens with zero attached hydrogens (tertiary/aromatic N) is 1. The molecule has 9 nitrogen and oxygen atoms in total. The van der Waals surface area contributed by atoms with E-state index in [0.717, 1.165) is 5.56 Å². The molecule has 180 valence electrons. The van der Waals surface area contributed by atoms with Gasteiger partial charge >= 0.3 is 5.97 Å². The Morgan fingerprint density at radius 3 is 2.43 bits per heavy atom. The first-order chi connectivity index (χ1) is 16.7. The van der Waals surface area contributed by atoms with Gasteiger partial charge in [0.1, 0.15) is 0 Å². The number of carbonyl (C=O) groups excluding carboxylic acids is 3. The van der Waals surface area contributed by atoms with Gasteiger partial charge in [-0.1, -0.05) is 24.3 Å².